The van der Waals surface area contributed by atoms with E-state index in [1.165, 1.54) is 0 Å². The molecule has 0 saturated carbocycles. The van der Waals surface area contributed by atoms with Crippen LogP contribution in [0.4, 0.5) is 0 Å². The first-order valence-corrected chi connectivity index (χ1v) is 4.25. The summed E-state index contributed by atoms with van der Waals surface area (Å²) in [5.74, 6) is 0. The Hall–Kier alpha value is 0.0600. The van der Waals surface area contributed by atoms with Crippen LogP contribution in [0.3, 0.4) is 0 Å². The minimum Gasteiger partial charge on any atom is -0.277 e. The lowest BCUT2D eigenvalue weighted by molar-refractivity contribution is 0.587. The van der Waals surface area contributed by atoms with Crippen LogP contribution in [0.1, 0.15) is 6.92 Å². The van der Waals surface area contributed by atoms with Crippen LogP contribution in [-0.4, -0.2) is 19.5 Å². The molecule has 0 aromatic rings. The van der Waals surface area contributed by atoms with Gasteiger partial charge in [0.1, 0.15) is 6.66 Å². The smallest absolute Gasteiger partial charge is 0.277 e. The van der Waals surface area contributed by atoms with Gasteiger partial charge < -0.3 is 0 Å². The summed E-state index contributed by atoms with van der Waals surface area (Å²) in [6.45, 7) is 4.63. The van der Waals surface area contributed by atoms with E-state index in [1.807, 2.05) is 6.92 Å². The van der Waals surface area contributed by atoms with Gasteiger partial charge in [-0.15, -0.1) is 0 Å². The van der Waals surface area contributed by atoms with Crippen molar-refractivity contribution in [3.63, 3.8) is 0 Å². The van der Waals surface area contributed by atoms with Gasteiger partial charge in [-0.2, -0.15) is 0 Å². The molecular formula is C4H11NOP+. The maximum absolute atomic E-state index is 10.3. The molecular weight excluding hydrogens is 109 g/mol. The molecule has 0 radical (unpaired) electrons. The lowest BCUT2D eigenvalue weighted by atomic mass is 10.8. The van der Waals surface area contributed by atoms with Gasteiger partial charge in [-0.1, -0.05) is 11.5 Å². The highest BCUT2D eigenvalue weighted by atomic mass is 31.1. The van der Waals surface area contributed by atoms with Crippen LogP contribution in [0.5, 0.6) is 0 Å². The Balaban J connectivity index is 2.82. The highest BCUT2D eigenvalue weighted by Crippen LogP contribution is 2.08. The number of rotatable bonds is 3. The van der Waals surface area contributed by atoms with Crippen molar-refractivity contribution in [2.75, 3.05) is 19.5 Å². The van der Waals surface area contributed by atoms with Crippen molar-refractivity contribution in [2.45, 2.75) is 6.92 Å². The van der Waals surface area contributed by atoms with E-state index in [-0.39, 0.29) is 0 Å². The molecule has 1 atom stereocenters. The van der Waals surface area contributed by atoms with E-state index in [2.05, 4.69) is 5.32 Å². The van der Waals surface area contributed by atoms with E-state index in [0.717, 1.165) is 6.54 Å². The normalized spacial score (nSPS) is 11.4. The number of hydrogen-bond acceptors (Lipinski definition) is 2. The number of nitrogens with one attached hydrogen (secondary N) is 1. The van der Waals surface area contributed by atoms with Crippen LogP contribution >= 0.6 is 7.80 Å². The Morgan fingerprint density at radius 1 is 1.71 bits per heavy atom. The topological polar surface area (TPSA) is 29.1 Å². The summed E-state index contributed by atoms with van der Waals surface area (Å²) >= 11 is 0. The van der Waals surface area contributed by atoms with Gasteiger partial charge in [0.05, 0.1) is 0 Å². The van der Waals surface area contributed by atoms with Gasteiger partial charge in [0.15, 0.2) is 6.29 Å². The van der Waals surface area contributed by atoms with Crippen LogP contribution < -0.4 is 5.32 Å². The monoisotopic (exact) mass is 120 g/mol. The van der Waals surface area contributed by atoms with Gasteiger partial charge in [0.2, 0.25) is 0 Å². The highest BCUT2D eigenvalue weighted by Gasteiger charge is 1.99. The molecule has 0 aliphatic heterocycles. The third-order valence-corrected chi connectivity index (χ3v) is 1.25. The summed E-state index contributed by atoms with van der Waals surface area (Å²) in [6, 6.07) is 0. The first-order chi connectivity index (χ1) is 3.27. The van der Waals surface area contributed by atoms with Crippen LogP contribution in [0.15, 0.2) is 0 Å². The Morgan fingerprint density at radius 3 is 2.43 bits per heavy atom. The third kappa shape index (κ3) is 6.06. The van der Waals surface area contributed by atoms with E-state index in [4.69, 9.17) is 0 Å². The van der Waals surface area contributed by atoms with Crippen molar-refractivity contribution < 1.29 is 4.57 Å². The SMILES string of the molecule is CCNC[P+](C)=O. The van der Waals surface area contributed by atoms with Crippen molar-refractivity contribution in [3.8, 4) is 0 Å². The molecule has 3 heteroatoms. The van der Waals surface area contributed by atoms with Crippen molar-refractivity contribution >= 4 is 7.80 Å². The molecule has 0 aliphatic rings. The summed E-state index contributed by atoms with van der Waals surface area (Å²) < 4.78 is 10.3. The summed E-state index contributed by atoms with van der Waals surface area (Å²) in [6.07, 6.45) is 0.659. The third-order valence-electron chi connectivity index (χ3n) is 0.584. The maximum atomic E-state index is 10.3. The zero-order valence-corrected chi connectivity index (χ0v) is 5.66. The minimum atomic E-state index is -0.967. The molecule has 0 rings (SSSR count). The van der Waals surface area contributed by atoms with Gasteiger partial charge in [-0.3, -0.25) is 5.32 Å². The molecule has 0 saturated heterocycles. The quantitative estimate of drug-likeness (QED) is 0.563. The molecule has 0 bridgehead atoms. The summed E-state index contributed by atoms with van der Waals surface area (Å²) in [5, 5.41) is 2.96. The lowest BCUT2D eigenvalue weighted by Gasteiger charge is -1.83. The van der Waals surface area contributed by atoms with Gasteiger partial charge >= 0.3 is 7.80 Å². The maximum Gasteiger partial charge on any atom is 0.350 e. The largest absolute Gasteiger partial charge is 0.350 e. The fraction of sp³-hybridized carbons (Fsp3) is 1.00. The molecule has 7 heavy (non-hydrogen) atoms. The van der Waals surface area contributed by atoms with Crippen LogP contribution in [0, 0.1) is 0 Å². The number of hydrogen-bond donors (Lipinski definition) is 1. The van der Waals surface area contributed by atoms with E-state index >= 15 is 0 Å². The standard InChI is InChI=1S/C4H11NOP/c1-3-5-4-7(2)6/h5H,3-4H2,1-2H3/q+1. The van der Waals surface area contributed by atoms with Crippen molar-refractivity contribution in [3.05, 3.63) is 0 Å². The molecule has 0 fully saturated rings. The first kappa shape index (κ1) is 7.06. The first-order valence-electron chi connectivity index (χ1n) is 2.36. The Labute approximate surface area is 45.1 Å². The second-order valence-corrected chi connectivity index (χ2v) is 2.96. The second-order valence-electron chi connectivity index (χ2n) is 1.39. The fourth-order valence-corrected chi connectivity index (χ4v) is 0.808. The molecule has 1 N–H and O–H groups in total. The van der Waals surface area contributed by atoms with Crippen LogP contribution in [0.25, 0.3) is 0 Å². The van der Waals surface area contributed by atoms with E-state index in [1.54, 1.807) is 6.66 Å². The van der Waals surface area contributed by atoms with Crippen molar-refractivity contribution in [1.29, 1.82) is 0 Å². The van der Waals surface area contributed by atoms with Gasteiger partial charge in [0, 0.05) is 0 Å². The van der Waals surface area contributed by atoms with Crippen molar-refractivity contribution in [2.24, 2.45) is 0 Å². The Bertz CT molecular complexity index is 64.7. The molecule has 0 spiro atoms. The molecule has 42 valence electrons. The van der Waals surface area contributed by atoms with Crippen LogP contribution in [0.2, 0.25) is 0 Å². The lowest BCUT2D eigenvalue weighted by Crippen LogP contribution is -2.10. The van der Waals surface area contributed by atoms with E-state index in [0.29, 0.717) is 6.29 Å². The predicted molar refractivity (Wildman–Crippen MR) is 32.1 cm³/mol. The Kier molecular flexibility index (Phi) is 4.26. The van der Waals surface area contributed by atoms with Gasteiger partial charge in [0.25, 0.3) is 0 Å². The zero-order chi connectivity index (χ0) is 5.70. The Morgan fingerprint density at radius 2 is 2.29 bits per heavy atom. The molecule has 1 unspecified atom stereocenters. The molecule has 0 aromatic carbocycles. The average Bonchev–Trinajstić information content (AvgIpc) is 1.61. The molecule has 2 nitrogen and oxygen atoms in total. The van der Waals surface area contributed by atoms with Crippen LogP contribution in [-0.2, 0) is 4.57 Å². The molecule has 0 amide bonds. The average molecular weight is 120 g/mol. The van der Waals surface area contributed by atoms with E-state index < -0.39 is 7.80 Å². The summed E-state index contributed by atoms with van der Waals surface area (Å²) in [4.78, 5) is 0. The highest BCUT2D eigenvalue weighted by molar-refractivity contribution is 7.43. The minimum absolute atomic E-state index is 0.659. The summed E-state index contributed by atoms with van der Waals surface area (Å²) in [7, 11) is -0.967. The second kappa shape index (κ2) is 4.23. The van der Waals surface area contributed by atoms with Crippen molar-refractivity contribution in [1.82, 2.24) is 5.32 Å². The molecule has 0 heterocycles. The molecule has 0 aliphatic carbocycles. The summed E-state index contributed by atoms with van der Waals surface area (Å²) in [5.41, 5.74) is 0. The zero-order valence-electron chi connectivity index (χ0n) is 4.77. The van der Waals surface area contributed by atoms with Gasteiger partial charge in [-0.25, -0.2) is 0 Å². The predicted octanol–water partition coefficient (Wildman–Crippen LogP) is 1.01. The molecule has 0 aromatic heterocycles. The van der Waals surface area contributed by atoms with E-state index in [9.17, 15) is 4.57 Å². The van der Waals surface area contributed by atoms with Gasteiger partial charge in [-0.05, 0) is 6.54 Å². The fourth-order valence-electron chi connectivity index (χ4n) is 0.269.